The van der Waals surface area contributed by atoms with Gasteiger partial charge in [-0.25, -0.2) is 0 Å². The summed E-state index contributed by atoms with van der Waals surface area (Å²) in [5.41, 5.74) is 0.971. The molecule has 3 heteroatoms. The Labute approximate surface area is 114 Å². The van der Waals surface area contributed by atoms with E-state index in [1.807, 2.05) is 18.2 Å². The Morgan fingerprint density at radius 1 is 1.18 bits per heavy atom. The molecule has 2 rings (SSSR count). The van der Waals surface area contributed by atoms with Gasteiger partial charge in [-0.05, 0) is 49.8 Å². The molecule has 1 aliphatic rings. The zero-order chi connectivity index (χ0) is 12.3. The van der Waals surface area contributed by atoms with E-state index in [4.69, 9.17) is 23.2 Å². The van der Waals surface area contributed by atoms with Crippen molar-refractivity contribution in [3.63, 3.8) is 0 Å². The van der Waals surface area contributed by atoms with Gasteiger partial charge in [0, 0.05) is 11.1 Å². The molecule has 0 aromatic heterocycles. The van der Waals surface area contributed by atoms with Crippen LogP contribution in [0.1, 0.15) is 39.0 Å². The fourth-order valence-corrected chi connectivity index (χ4v) is 2.89. The summed E-state index contributed by atoms with van der Waals surface area (Å²) >= 11 is 12.1. The monoisotopic (exact) mass is 271 g/mol. The van der Waals surface area contributed by atoms with Gasteiger partial charge in [0.25, 0.3) is 0 Å². The van der Waals surface area contributed by atoms with Crippen molar-refractivity contribution in [2.24, 2.45) is 5.92 Å². The molecule has 0 saturated heterocycles. The largest absolute Gasteiger partial charge is 0.381 e. The summed E-state index contributed by atoms with van der Waals surface area (Å²) in [5, 5.41) is 5.01. The van der Waals surface area contributed by atoms with Crippen molar-refractivity contribution in [3.8, 4) is 0 Å². The summed E-state index contributed by atoms with van der Waals surface area (Å²) in [7, 11) is 0. The van der Waals surface area contributed by atoms with Crippen LogP contribution >= 0.6 is 23.2 Å². The van der Waals surface area contributed by atoms with Crippen LogP contribution in [0.2, 0.25) is 10.0 Å². The van der Waals surface area contributed by atoms with Crippen molar-refractivity contribution in [1.29, 1.82) is 0 Å². The highest BCUT2D eigenvalue weighted by molar-refractivity contribution is 6.35. The second kappa shape index (κ2) is 5.97. The highest BCUT2D eigenvalue weighted by Gasteiger charge is 2.20. The summed E-state index contributed by atoms with van der Waals surface area (Å²) < 4.78 is 0. The van der Waals surface area contributed by atoms with Crippen LogP contribution in [-0.2, 0) is 0 Å². The van der Waals surface area contributed by atoms with E-state index in [2.05, 4.69) is 12.2 Å². The van der Waals surface area contributed by atoms with Crippen molar-refractivity contribution < 1.29 is 0 Å². The Morgan fingerprint density at radius 3 is 2.53 bits per heavy atom. The van der Waals surface area contributed by atoms with Crippen molar-refractivity contribution in [2.45, 2.75) is 45.1 Å². The molecule has 94 valence electrons. The van der Waals surface area contributed by atoms with Crippen LogP contribution in [0.3, 0.4) is 0 Å². The van der Waals surface area contributed by atoms with Gasteiger partial charge < -0.3 is 5.32 Å². The number of halogens is 2. The molecule has 0 unspecified atom stereocenters. The first-order valence-electron chi connectivity index (χ1n) is 6.40. The van der Waals surface area contributed by atoms with Gasteiger partial charge in [0.05, 0.1) is 10.7 Å². The predicted molar refractivity (Wildman–Crippen MR) is 76.1 cm³/mol. The van der Waals surface area contributed by atoms with Crippen LogP contribution in [0.4, 0.5) is 5.69 Å². The lowest BCUT2D eigenvalue weighted by molar-refractivity contribution is 0.330. The quantitative estimate of drug-likeness (QED) is 0.779. The number of hydrogen-bond donors (Lipinski definition) is 1. The Bertz CT molecular complexity index is 370. The fraction of sp³-hybridized carbons (Fsp3) is 0.571. The zero-order valence-corrected chi connectivity index (χ0v) is 11.7. The lowest BCUT2D eigenvalue weighted by atomic mass is 9.84. The third-order valence-corrected chi connectivity index (χ3v) is 4.28. The van der Waals surface area contributed by atoms with Gasteiger partial charge in [-0.3, -0.25) is 0 Å². The van der Waals surface area contributed by atoms with Crippen LogP contribution in [-0.4, -0.2) is 6.04 Å². The molecule has 1 saturated carbocycles. The van der Waals surface area contributed by atoms with E-state index in [0.717, 1.165) is 21.7 Å². The number of nitrogens with one attached hydrogen (secondary N) is 1. The van der Waals surface area contributed by atoms with E-state index in [9.17, 15) is 0 Å². The second-order valence-corrected chi connectivity index (χ2v) is 5.74. The van der Waals surface area contributed by atoms with Crippen LogP contribution in [0.5, 0.6) is 0 Å². The highest BCUT2D eigenvalue weighted by atomic mass is 35.5. The average Bonchev–Trinajstić information content (AvgIpc) is 2.35. The normalized spacial score (nSPS) is 24.6. The van der Waals surface area contributed by atoms with E-state index in [0.29, 0.717) is 6.04 Å². The molecule has 17 heavy (non-hydrogen) atoms. The van der Waals surface area contributed by atoms with Crippen molar-refractivity contribution in [3.05, 3.63) is 28.2 Å². The SMILES string of the molecule is CCC1CCC(Nc2cc(Cl)ccc2Cl)CC1. The number of anilines is 1. The van der Waals surface area contributed by atoms with Gasteiger partial charge in [-0.1, -0.05) is 36.5 Å². The summed E-state index contributed by atoms with van der Waals surface area (Å²) in [6.07, 6.45) is 6.44. The summed E-state index contributed by atoms with van der Waals surface area (Å²) in [6, 6.07) is 6.14. The Hall–Kier alpha value is -0.400. The van der Waals surface area contributed by atoms with Gasteiger partial charge in [0.1, 0.15) is 0 Å². The lowest BCUT2D eigenvalue weighted by Gasteiger charge is -2.29. The van der Waals surface area contributed by atoms with E-state index in [1.165, 1.54) is 32.1 Å². The van der Waals surface area contributed by atoms with Crippen LogP contribution in [0.15, 0.2) is 18.2 Å². The number of hydrogen-bond acceptors (Lipinski definition) is 1. The van der Waals surface area contributed by atoms with Gasteiger partial charge >= 0.3 is 0 Å². The lowest BCUT2D eigenvalue weighted by Crippen LogP contribution is -2.25. The van der Waals surface area contributed by atoms with Crippen molar-refractivity contribution in [2.75, 3.05) is 5.32 Å². The molecular formula is C14H19Cl2N. The molecular weight excluding hydrogens is 253 g/mol. The topological polar surface area (TPSA) is 12.0 Å². The fourth-order valence-electron chi connectivity index (χ4n) is 2.54. The molecule has 0 atom stereocenters. The molecule has 0 amide bonds. The van der Waals surface area contributed by atoms with E-state index >= 15 is 0 Å². The Morgan fingerprint density at radius 2 is 1.88 bits per heavy atom. The smallest absolute Gasteiger partial charge is 0.0638 e. The molecule has 1 aromatic rings. The summed E-state index contributed by atoms with van der Waals surface area (Å²) in [4.78, 5) is 0. The minimum atomic E-state index is 0.550. The Kier molecular flexibility index (Phi) is 4.58. The van der Waals surface area contributed by atoms with Crippen LogP contribution in [0, 0.1) is 5.92 Å². The third kappa shape index (κ3) is 3.53. The minimum Gasteiger partial charge on any atom is -0.381 e. The number of rotatable bonds is 3. The molecule has 0 radical (unpaired) electrons. The first kappa shape index (κ1) is 13.0. The Balaban J connectivity index is 1.95. The first-order chi connectivity index (χ1) is 8.19. The molecule has 0 aliphatic heterocycles. The van der Waals surface area contributed by atoms with Crippen molar-refractivity contribution >= 4 is 28.9 Å². The highest BCUT2D eigenvalue weighted by Crippen LogP contribution is 2.31. The molecule has 1 nitrogen and oxygen atoms in total. The molecule has 1 N–H and O–H groups in total. The minimum absolute atomic E-state index is 0.550. The predicted octanol–water partition coefficient (Wildman–Crippen LogP) is 5.37. The summed E-state index contributed by atoms with van der Waals surface area (Å²) in [5.74, 6) is 0.919. The van der Waals surface area contributed by atoms with E-state index in [1.54, 1.807) is 0 Å². The zero-order valence-electron chi connectivity index (χ0n) is 10.2. The molecule has 0 bridgehead atoms. The van der Waals surface area contributed by atoms with Gasteiger partial charge in [-0.15, -0.1) is 0 Å². The first-order valence-corrected chi connectivity index (χ1v) is 7.16. The molecule has 1 fully saturated rings. The maximum absolute atomic E-state index is 6.15. The third-order valence-electron chi connectivity index (χ3n) is 3.71. The van der Waals surface area contributed by atoms with Crippen molar-refractivity contribution in [1.82, 2.24) is 0 Å². The average molecular weight is 272 g/mol. The van der Waals surface area contributed by atoms with E-state index in [-0.39, 0.29) is 0 Å². The maximum atomic E-state index is 6.15. The van der Waals surface area contributed by atoms with Crippen LogP contribution in [0.25, 0.3) is 0 Å². The van der Waals surface area contributed by atoms with Crippen LogP contribution < -0.4 is 5.32 Å². The van der Waals surface area contributed by atoms with E-state index < -0.39 is 0 Å². The molecule has 1 aromatic carbocycles. The van der Waals surface area contributed by atoms with Gasteiger partial charge in [0.2, 0.25) is 0 Å². The molecule has 0 spiro atoms. The standard InChI is InChI=1S/C14H19Cl2N/c1-2-10-3-6-12(7-4-10)17-14-9-11(15)5-8-13(14)16/h5,8-10,12,17H,2-4,6-7H2,1H3. The molecule has 1 aliphatic carbocycles. The maximum Gasteiger partial charge on any atom is 0.0638 e. The van der Waals surface area contributed by atoms with Gasteiger partial charge in [0.15, 0.2) is 0 Å². The molecule has 0 heterocycles. The van der Waals surface area contributed by atoms with Gasteiger partial charge in [-0.2, -0.15) is 0 Å². The number of benzene rings is 1. The summed E-state index contributed by atoms with van der Waals surface area (Å²) in [6.45, 7) is 2.28. The second-order valence-electron chi connectivity index (χ2n) is 4.89.